The Hall–Kier alpha value is 0.100. The monoisotopic (exact) mass is 249 g/mol. The van der Waals surface area contributed by atoms with Crippen molar-refractivity contribution < 1.29 is 4.84 Å². The van der Waals surface area contributed by atoms with Crippen LogP contribution in [0.25, 0.3) is 0 Å². The average Bonchev–Trinajstić information content (AvgIpc) is 2.35. The second-order valence-corrected chi connectivity index (χ2v) is 5.06. The second-order valence-electron chi connectivity index (χ2n) is 3.29. The van der Waals surface area contributed by atoms with Gasteiger partial charge in [0.25, 0.3) is 0 Å². The fraction of sp³-hybridized carbons (Fsp3) is 0.500. The molecule has 0 fully saturated rings. The van der Waals surface area contributed by atoms with E-state index >= 15 is 0 Å². The molecule has 0 aromatic carbocycles. The van der Waals surface area contributed by atoms with Gasteiger partial charge in [0.15, 0.2) is 0 Å². The summed E-state index contributed by atoms with van der Waals surface area (Å²) in [7, 11) is 0. The molecule has 0 aliphatic rings. The van der Waals surface area contributed by atoms with Gasteiger partial charge in [-0.1, -0.05) is 13.8 Å². The lowest BCUT2D eigenvalue weighted by atomic mass is 9.93. The van der Waals surface area contributed by atoms with E-state index in [1.807, 2.05) is 6.07 Å². The quantitative estimate of drug-likeness (QED) is 0.837. The van der Waals surface area contributed by atoms with Crippen molar-refractivity contribution in [3.63, 3.8) is 0 Å². The summed E-state index contributed by atoms with van der Waals surface area (Å²) in [5, 5.41) is 2.05. The van der Waals surface area contributed by atoms with Gasteiger partial charge in [-0.15, -0.1) is 11.3 Å². The van der Waals surface area contributed by atoms with Crippen LogP contribution in [0.2, 0.25) is 0 Å². The standard InChI is InChI=1S/C8H12BrNOS/c1-8(2,5-11-10)7-6(9)3-4-12-7/h3-4H,5,10H2,1-2H3. The Kier molecular flexibility index (Phi) is 3.29. The molecule has 0 spiro atoms. The third-order valence-electron chi connectivity index (χ3n) is 1.68. The van der Waals surface area contributed by atoms with Gasteiger partial charge in [-0.2, -0.15) is 0 Å². The van der Waals surface area contributed by atoms with Gasteiger partial charge >= 0.3 is 0 Å². The predicted octanol–water partition coefficient (Wildman–Crippen LogP) is 2.68. The Morgan fingerprint density at radius 2 is 2.33 bits per heavy atom. The summed E-state index contributed by atoms with van der Waals surface area (Å²) in [5.41, 5.74) is -0.0122. The highest BCUT2D eigenvalue weighted by atomic mass is 79.9. The highest BCUT2D eigenvalue weighted by Crippen LogP contribution is 2.34. The molecule has 4 heteroatoms. The Labute approximate surface area is 84.8 Å². The van der Waals surface area contributed by atoms with Crippen LogP contribution >= 0.6 is 27.3 Å². The minimum atomic E-state index is -0.0122. The molecule has 0 atom stereocenters. The minimum Gasteiger partial charge on any atom is -0.304 e. The molecule has 0 saturated carbocycles. The highest BCUT2D eigenvalue weighted by molar-refractivity contribution is 9.10. The molecule has 1 aromatic heterocycles. The number of thiophene rings is 1. The van der Waals surface area contributed by atoms with Gasteiger partial charge in [0.2, 0.25) is 0 Å². The van der Waals surface area contributed by atoms with E-state index in [-0.39, 0.29) is 5.41 Å². The van der Waals surface area contributed by atoms with Crippen molar-refractivity contribution in [2.75, 3.05) is 6.61 Å². The number of rotatable bonds is 3. The summed E-state index contributed by atoms with van der Waals surface area (Å²) in [4.78, 5) is 5.94. The lowest BCUT2D eigenvalue weighted by molar-refractivity contribution is 0.0974. The van der Waals surface area contributed by atoms with Crippen LogP contribution in [0.3, 0.4) is 0 Å². The molecular weight excluding hydrogens is 238 g/mol. The third kappa shape index (κ3) is 2.07. The Bertz CT molecular complexity index is 259. The second kappa shape index (κ2) is 3.87. The fourth-order valence-corrected chi connectivity index (χ4v) is 3.07. The van der Waals surface area contributed by atoms with Gasteiger partial charge < -0.3 is 4.84 Å². The zero-order valence-corrected chi connectivity index (χ0v) is 9.54. The molecule has 0 bridgehead atoms. The summed E-state index contributed by atoms with van der Waals surface area (Å²) in [6.07, 6.45) is 0. The topological polar surface area (TPSA) is 35.2 Å². The number of hydrogen-bond acceptors (Lipinski definition) is 3. The van der Waals surface area contributed by atoms with Crippen LogP contribution in [0, 0.1) is 0 Å². The molecule has 2 nitrogen and oxygen atoms in total. The normalized spacial score (nSPS) is 12.0. The van der Waals surface area contributed by atoms with Crippen molar-refractivity contribution in [3.05, 3.63) is 20.8 Å². The number of nitrogens with two attached hydrogens (primary N) is 1. The number of hydrogen-bond donors (Lipinski definition) is 1. The first-order valence-corrected chi connectivity index (χ1v) is 5.30. The lowest BCUT2D eigenvalue weighted by Crippen LogP contribution is -2.25. The summed E-state index contributed by atoms with van der Waals surface area (Å²) < 4.78 is 1.13. The molecule has 1 aromatic rings. The first-order chi connectivity index (χ1) is 5.58. The van der Waals surface area contributed by atoms with E-state index < -0.39 is 0 Å². The number of halogens is 1. The molecule has 0 aliphatic carbocycles. The van der Waals surface area contributed by atoms with Crippen LogP contribution < -0.4 is 5.90 Å². The molecule has 2 N–H and O–H groups in total. The van der Waals surface area contributed by atoms with Crippen LogP contribution in [-0.2, 0) is 10.3 Å². The van der Waals surface area contributed by atoms with Gasteiger partial charge in [-0.05, 0) is 27.4 Å². The van der Waals surface area contributed by atoms with Crippen molar-refractivity contribution in [1.82, 2.24) is 0 Å². The average molecular weight is 250 g/mol. The van der Waals surface area contributed by atoms with Gasteiger partial charge in [0.1, 0.15) is 0 Å². The van der Waals surface area contributed by atoms with Gasteiger partial charge in [0.05, 0.1) is 6.61 Å². The van der Waals surface area contributed by atoms with E-state index in [1.165, 1.54) is 4.88 Å². The molecule has 1 heterocycles. The molecule has 12 heavy (non-hydrogen) atoms. The maximum atomic E-state index is 5.06. The van der Waals surface area contributed by atoms with E-state index in [1.54, 1.807) is 11.3 Å². The third-order valence-corrected chi connectivity index (χ3v) is 3.88. The van der Waals surface area contributed by atoms with Crippen LogP contribution in [0.5, 0.6) is 0 Å². The lowest BCUT2D eigenvalue weighted by Gasteiger charge is -2.21. The molecular formula is C8H12BrNOS. The maximum absolute atomic E-state index is 5.06. The van der Waals surface area contributed by atoms with E-state index in [4.69, 9.17) is 5.90 Å². The van der Waals surface area contributed by atoms with Crippen LogP contribution in [0.1, 0.15) is 18.7 Å². The van der Waals surface area contributed by atoms with E-state index in [0.29, 0.717) is 6.61 Å². The van der Waals surface area contributed by atoms with Gasteiger partial charge in [-0.25, -0.2) is 5.90 Å². The van der Waals surface area contributed by atoms with Crippen molar-refractivity contribution >= 4 is 27.3 Å². The van der Waals surface area contributed by atoms with Gasteiger partial charge in [0, 0.05) is 14.8 Å². The van der Waals surface area contributed by atoms with Crippen molar-refractivity contribution in [2.24, 2.45) is 5.90 Å². The largest absolute Gasteiger partial charge is 0.304 e. The predicted molar refractivity (Wildman–Crippen MR) is 55.2 cm³/mol. The molecule has 68 valence electrons. The fourth-order valence-electron chi connectivity index (χ4n) is 1.05. The Morgan fingerprint density at radius 3 is 2.75 bits per heavy atom. The summed E-state index contributed by atoms with van der Waals surface area (Å²) >= 11 is 5.20. The van der Waals surface area contributed by atoms with E-state index in [0.717, 1.165) is 4.47 Å². The molecule has 0 radical (unpaired) electrons. The van der Waals surface area contributed by atoms with E-state index in [9.17, 15) is 0 Å². The van der Waals surface area contributed by atoms with Crippen molar-refractivity contribution in [3.8, 4) is 0 Å². The zero-order chi connectivity index (χ0) is 9.19. The Morgan fingerprint density at radius 1 is 1.67 bits per heavy atom. The van der Waals surface area contributed by atoms with Crippen LogP contribution in [-0.4, -0.2) is 6.61 Å². The molecule has 0 aliphatic heterocycles. The highest BCUT2D eigenvalue weighted by Gasteiger charge is 2.24. The first kappa shape index (κ1) is 10.2. The Balaban J connectivity index is 2.88. The summed E-state index contributed by atoms with van der Waals surface area (Å²) in [6, 6.07) is 2.04. The van der Waals surface area contributed by atoms with Crippen LogP contribution in [0.15, 0.2) is 15.9 Å². The van der Waals surface area contributed by atoms with Crippen LogP contribution in [0.4, 0.5) is 0 Å². The zero-order valence-electron chi connectivity index (χ0n) is 7.13. The van der Waals surface area contributed by atoms with E-state index in [2.05, 4.69) is 40.0 Å². The molecule has 1 rings (SSSR count). The SMILES string of the molecule is CC(C)(CON)c1sccc1Br. The molecule has 0 unspecified atom stereocenters. The smallest absolute Gasteiger partial charge is 0.0778 e. The van der Waals surface area contributed by atoms with Gasteiger partial charge in [-0.3, -0.25) is 0 Å². The molecule has 0 saturated heterocycles. The summed E-state index contributed by atoms with van der Waals surface area (Å²) in [6.45, 7) is 4.75. The molecule has 0 amide bonds. The van der Waals surface area contributed by atoms with Crippen molar-refractivity contribution in [2.45, 2.75) is 19.3 Å². The summed E-state index contributed by atoms with van der Waals surface area (Å²) in [5.74, 6) is 5.06. The first-order valence-electron chi connectivity index (χ1n) is 3.63. The van der Waals surface area contributed by atoms with Crippen molar-refractivity contribution in [1.29, 1.82) is 0 Å². The minimum absolute atomic E-state index is 0.0122. The maximum Gasteiger partial charge on any atom is 0.0778 e.